The normalized spacial score (nSPS) is 17.8. The number of quaternary nitrogens is 2. The van der Waals surface area contributed by atoms with Crippen LogP contribution >= 0.6 is 0 Å². The molecule has 4 heterocycles. The highest BCUT2D eigenvalue weighted by Gasteiger charge is 2.31. The minimum absolute atomic E-state index is 0.143. The first-order valence-electron chi connectivity index (χ1n) is 11.6. The zero-order valence-electron chi connectivity index (χ0n) is 19.7. The molecule has 2 aliphatic heterocycles. The van der Waals surface area contributed by atoms with Crippen LogP contribution in [0.1, 0.15) is 21.9 Å². The molecule has 1 fully saturated rings. The summed E-state index contributed by atoms with van der Waals surface area (Å²) < 4.78 is 25.7. The summed E-state index contributed by atoms with van der Waals surface area (Å²) >= 11 is -1.74. The molecule has 3 aromatic rings. The molecule has 0 spiro atoms. The van der Waals surface area contributed by atoms with Crippen molar-refractivity contribution >= 4 is 40.3 Å². The van der Waals surface area contributed by atoms with Gasteiger partial charge >= 0.3 is 11.7 Å². The smallest absolute Gasteiger partial charge is 0.324 e. The number of aryl methyl sites for hydroxylation is 1. The molecule has 0 aliphatic carbocycles. The van der Waals surface area contributed by atoms with Crippen LogP contribution in [0.15, 0.2) is 67.9 Å². The fourth-order valence-corrected chi connectivity index (χ4v) is 4.86. The lowest BCUT2D eigenvalue weighted by molar-refractivity contribution is -0.563. The highest BCUT2D eigenvalue weighted by atomic mass is 32.2. The van der Waals surface area contributed by atoms with Gasteiger partial charge in [-0.25, -0.2) is 9.19 Å². The third-order valence-corrected chi connectivity index (χ3v) is 6.74. The van der Waals surface area contributed by atoms with Crippen molar-refractivity contribution in [2.24, 2.45) is 8.80 Å². The largest absolute Gasteiger partial charge is 0.502 e. The third-order valence-electron chi connectivity index (χ3n) is 6.04. The topological polar surface area (TPSA) is 145 Å². The van der Waals surface area contributed by atoms with Gasteiger partial charge in [-0.15, -0.1) is 8.80 Å². The molecule has 5 N–H and O–H groups in total. The lowest BCUT2D eigenvalue weighted by Gasteiger charge is -2.35. The molecular formula is C24H27N7O4S+2. The van der Waals surface area contributed by atoms with E-state index in [0.29, 0.717) is 50.1 Å². The van der Waals surface area contributed by atoms with Gasteiger partial charge in [-0.2, -0.15) is 0 Å². The molecule has 1 amide bonds. The highest BCUT2D eigenvalue weighted by molar-refractivity contribution is 7.83. The number of piperazine rings is 1. The molecular weight excluding hydrogens is 482 g/mol. The SMILES string of the molecule is Cc1ccc(C[NH2+]C2=NS(=O)N=C2[NH2+]c2cccc(C(=O)N3CCN(c4ccccn4)CC3)c2O)o1. The molecule has 36 heavy (non-hydrogen) atoms. The number of para-hydroxylation sites is 1. The summed E-state index contributed by atoms with van der Waals surface area (Å²) in [5, 5.41) is 14.3. The van der Waals surface area contributed by atoms with Crippen molar-refractivity contribution in [3.8, 4) is 5.75 Å². The van der Waals surface area contributed by atoms with E-state index in [2.05, 4.69) is 18.7 Å². The molecule has 2 aromatic heterocycles. The number of amides is 1. The van der Waals surface area contributed by atoms with E-state index in [1.165, 1.54) is 0 Å². The Balaban J connectivity index is 1.25. The number of pyridine rings is 1. The number of hydrogen-bond donors (Lipinski definition) is 3. The van der Waals surface area contributed by atoms with Gasteiger partial charge in [0.25, 0.3) is 17.1 Å². The van der Waals surface area contributed by atoms with Crippen molar-refractivity contribution in [1.29, 1.82) is 0 Å². The van der Waals surface area contributed by atoms with Crippen molar-refractivity contribution in [2.75, 3.05) is 31.1 Å². The first kappa shape index (κ1) is 23.9. The number of aromatic hydroxyl groups is 1. The van der Waals surface area contributed by atoms with Gasteiger partial charge < -0.3 is 19.3 Å². The summed E-state index contributed by atoms with van der Waals surface area (Å²) in [5.74, 6) is 2.89. The van der Waals surface area contributed by atoms with E-state index in [9.17, 15) is 14.1 Å². The molecule has 0 saturated carbocycles. The maximum Gasteiger partial charge on any atom is 0.324 e. The molecule has 5 rings (SSSR count). The molecule has 1 saturated heterocycles. The van der Waals surface area contributed by atoms with Gasteiger partial charge in [0.1, 0.15) is 18.1 Å². The van der Waals surface area contributed by atoms with E-state index in [0.717, 1.165) is 17.3 Å². The van der Waals surface area contributed by atoms with Gasteiger partial charge in [0.2, 0.25) is 0 Å². The molecule has 1 unspecified atom stereocenters. The van der Waals surface area contributed by atoms with Gasteiger partial charge in [0, 0.05) is 38.4 Å². The number of hydrogen-bond acceptors (Lipinski definition) is 6. The predicted octanol–water partition coefficient (Wildman–Crippen LogP) is -0.00118. The molecule has 0 radical (unpaired) electrons. The van der Waals surface area contributed by atoms with Crippen LogP contribution in [0.4, 0.5) is 11.5 Å². The van der Waals surface area contributed by atoms with Crippen LogP contribution < -0.4 is 15.5 Å². The maximum atomic E-state index is 13.2. The number of phenols is 1. The number of nitrogens with zero attached hydrogens (tertiary/aromatic N) is 5. The van der Waals surface area contributed by atoms with Crippen LogP contribution in [0.25, 0.3) is 0 Å². The summed E-state index contributed by atoms with van der Waals surface area (Å²) in [5.41, 5.74) is 0.615. The lowest BCUT2D eigenvalue weighted by Crippen LogP contribution is -2.97. The van der Waals surface area contributed by atoms with Gasteiger partial charge in [-0.3, -0.25) is 15.4 Å². The Kier molecular flexibility index (Phi) is 6.89. The predicted molar refractivity (Wildman–Crippen MR) is 134 cm³/mol. The number of rotatable bonds is 5. The number of furan rings is 1. The van der Waals surface area contributed by atoms with Crippen molar-refractivity contribution in [3.05, 3.63) is 71.8 Å². The van der Waals surface area contributed by atoms with Crippen LogP contribution in [-0.2, 0) is 17.7 Å². The van der Waals surface area contributed by atoms with Crippen LogP contribution in [-0.4, -0.2) is 63.0 Å². The molecule has 1 atom stereocenters. The lowest BCUT2D eigenvalue weighted by atomic mass is 10.1. The van der Waals surface area contributed by atoms with Crippen LogP contribution in [0, 0.1) is 6.92 Å². The number of aromatic nitrogens is 1. The Morgan fingerprint density at radius 1 is 1.06 bits per heavy atom. The Labute approximate surface area is 210 Å². The molecule has 1 aromatic carbocycles. The van der Waals surface area contributed by atoms with E-state index in [-0.39, 0.29) is 17.2 Å². The van der Waals surface area contributed by atoms with Gasteiger partial charge in [-0.1, -0.05) is 12.1 Å². The van der Waals surface area contributed by atoms with E-state index >= 15 is 0 Å². The maximum absolute atomic E-state index is 13.2. The number of carbonyl (C=O) groups is 1. The first-order valence-corrected chi connectivity index (χ1v) is 12.6. The van der Waals surface area contributed by atoms with Crippen LogP contribution in [0.5, 0.6) is 5.75 Å². The molecule has 12 heteroatoms. The van der Waals surface area contributed by atoms with Crippen molar-refractivity contribution < 1.29 is 29.2 Å². The van der Waals surface area contributed by atoms with E-state index in [1.807, 2.05) is 37.3 Å². The number of amidine groups is 2. The zero-order chi connectivity index (χ0) is 25.1. The number of benzene rings is 1. The minimum Gasteiger partial charge on any atom is -0.502 e. The Morgan fingerprint density at radius 2 is 1.86 bits per heavy atom. The van der Waals surface area contributed by atoms with Gasteiger partial charge in [0.05, 0.1) is 5.56 Å². The summed E-state index contributed by atoms with van der Waals surface area (Å²) in [4.78, 5) is 21.5. The quantitative estimate of drug-likeness (QED) is 0.326. The van der Waals surface area contributed by atoms with Gasteiger partial charge in [0.15, 0.2) is 17.2 Å². The molecule has 2 aliphatic rings. The minimum atomic E-state index is -1.74. The molecule has 11 nitrogen and oxygen atoms in total. The second-order valence-electron chi connectivity index (χ2n) is 8.46. The number of nitrogens with two attached hydrogens (primary N) is 2. The number of phenolic OH excluding ortho intramolecular Hbond substituents is 1. The summed E-state index contributed by atoms with van der Waals surface area (Å²) in [6, 6.07) is 14.5. The Bertz CT molecular complexity index is 1350. The average Bonchev–Trinajstić information content (AvgIpc) is 3.48. The average molecular weight is 510 g/mol. The van der Waals surface area contributed by atoms with E-state index in [4.69, 9.17) is 4.42 Å². The van der Waals surface area contributed by atoms with Crippen molar-refractivity contribution in [1.82, 2.24) is 9.88 Å². The summed E-state index contributed by atoms with van der Waals surface area (Å²) in [7, 11) is 0. The Morgan fingerprint density at radius 3 is 2.58 bits per heavy atom. The zero-order valence-corrected chi connectivity index (χ0v) is 20.5. The van der Waals surface area contributed by atoms with Gasteiger partial charge in [-0.05, 0) is 37.3 Å². The molecule has 186 valence electrons. The van der Waals surface area contributed by atoms with Crippen LogP contribution in [0.2, 0.25) is 0 Å². The molecule has 0 bridgehead atoms. The second kappa shape index (κ2) is 10.4. The highest BCUT2D eigenvalue weighted by Crippen LogP contribution is 2.26. The first-order chi connectivity index (χ1) is 17.5. The summed E-state index contributed by atoms with van der Waals surface area (Å²) in [6.45, 7) is 4.68. The Hall–Kier alpha value is -3.87. The van der Waals surface area contributed by atoms with Crippen molar-refractivity contribution in [2.45, 2.75) is 13.5 Å². The second-order valence-corrected chi connectivity index (χ2v) is 9.29. The number of anilines is 1. The fraction of sp³-hybridized carbons (Fsp3) is 0.250. The van der Waals surface area contributed by atoms with Crippen molar-refractivity contribution in [3.63, 3.8) is 0 Å². The monoisotopic (exact) mass is 509 g/mol. The van der Waals surface area contributed by atoms with Crippen LogP contribution in [0.3, 0.4) is 0 Å². The number of carbonyl (C=O) groups excluding carboxylic acids is 1. The summed E-state index contributed by atoms with van der Waals surface area (Å²) in [6.07, 6.45) is 1.75. The van der Waals surface area contributed by atoms with E-state index < -0.39 is 11.2 Å². The fourth-order valence-electron chi connectivity index (χ4n) is 4.16. The third kappa shape index (κ3) is 5.20. The standard InChI is InChI=1S/C24H25N7O4S/c1-16-8-9-17(35-16)15-26-22-23(29-36(34)28-22)27-19-6-4-5-18(21(19)32)24(33)31-13-11-30(12-14-31)20-7-2-3-10-25-20/h2-10,32H,11-15H2,1H3,(H,26,28)(H,27,29)/p+2. The van der Waals surface area contributed by atoms with E-state index in [1.54, 1.807) is 39.9 Å².